The van der Waals surface area contributed by atoms with E-state index in [1.807, 2.05) is 0 Å². The van der Waals surface area contributed by atoms with Crippen LogP contribution in [0.15, 0.2) is 23.2 Å². The zero-order valence-electron chi connectivity index (χ0n) is 13.3. The maximum atomic E-state index is 5.53. The second-order valence-electron chi connectivity index (χ2n) is 6.39. The molecule has 1 aliphatic heterocycles. The Morgan fingerprint density at radius 1 is 1.29 bits per heavy atom. The predicted molar refractivity (Wildman–Crippen MR) is 85.5 cm³/mol. The van der Waals surface area contributed by atoms with E-state index in [2.05, 4.69) is 25.1 Å². The van der Waals surface area contributed by atoms with Crippen molar-refractivity contribution in [2.45, 2.75) is 45.1 Å². The first-order chi connectivity index (χ1) is 10.2. The van der Waals surface area contributed by atoms with Crippen molar-refractivity contribution in [1.29, 1.82) is 0 Å². The topological polar surface area (TPSA) is 30.8 Å². The summed E-state index contributed by atoms with van der Waals surface area (Å²) in [4.78, 5) is 4.93. The largest absolute Gasteiger partial charge is 0.497 e. The summed E-state index contributed by atoms with van der Waals surface area (Å²) in [5.74, 6) is 0.928. The molecule has 0 bridgehead atoms. The molecule has 1 heterocycles. The molecule has 0 radical (unpaired) electrons. The van der Waals surface area contributed by atoms with E-state index in [-0.39, 0.29) is 11.5 Å². The number of aliphatic imine (C=N–C) groups is 1. The van der Waals surface area contributed by atoms with E-state index < -0.39 is 0 Å². The summed E-state index contributed by atoms with van der Waals surface area (Å²) in [6.45, 7) is 3.08. The summed E-state index contributed by atoms with van der Waals surface area (Å²) in [6.07, 6.45) is 6.16. The summed E-state index contributed by atoms with van der Waals surface area (Å²) in [7, 11) is 3.53. The van der Waals surface area contributed by atoms with Gasteiger partial charge in [0.05, 0.1) is 13.2 Å². The Bertz CT molecular complexity index is 546. The summed E-state index contributed by atoms with van der Waals surface area (Å²) < 4.78 is 10.9. The zero-order chi connectivity index (χ0) is 14.9. The smallest absolute Gasteiger partial charge is 0.119 e. The van der Waals surface area contributed by atoms with Gasteiger partial charge in [-0.15, -0.1) is 0 Å². The normalized spacial score (nSPS) is 21.0. The van der Waals surface area contributed by atoms with Gasteiger partial charge in [0, 0.05) is 30.3 Å². The summed E-state index contributed by atoms with van der Waals surface area (Å²) in [6, 6.07) is 6.44. The molecule has 2 aliphatic rings. The molecule has 1 unspecified atom stereocenters. The molecule has 0 spiro atoms. The van der Waals surface area contributed by atoms with Crippen molar-refractivity contribution in [1.82, 2.24) is 0 Å². The maximum absolute atomic E-state index is 5.53. The molecule has 0 saturated heterocycles. The summed E-state index contributed by atoms with van der Waals surface area (Å²) >= 11 is 0. The molecule has 3 rings (SSSR count). The lowest BCUT2D eigenvalue weighted by Gasteiger charge is -2.45. The fourth-order valence-corrected chi connectivity index (χ4v) is 3.72. The Morgan fingerprint density at radius 2 is 2.10 bits per heavy atom. The number of nitrogens with zero attached hydrogens (tertiary/aromatic N) is 1. The third-order valence-corrected chi connectivity index (χ3v) is 5.12. The van der Waals surface area contributed by atoms with Crippen LogP contribution in [0.4, 0.5) is 0 Å². The molecule has 0 amide bonds. The van der Waals surface area contributed by atoms with Crippen molar-refractivity contribution >= 4 is 5.71 Å². The fraction of sp³-hybridized carbons (Fsp3) is 0.611. The minimum atomic E-state index is 0.219. The van der Waals surface area contributed by atoms with Gasteiger partial charge in [-0.2, -0.15) is 0 Å². The number of rotatable bonds is 5. The van der Waals surface area contributed by atoms with Gasteiger partial charge in [-0.05, 0) is 50.3 Å². The molecule has 114 valence electrons. The minimum Gasteiger partial charge on any atom is -0.497 e. The van der Waals surface area contributed by atoms with Crippen molar-refractivity contribution in [3.63, 3.8) is 0 Å². The number of benzene rings is 1. The summed E-state index contributed by atoms with van der Waals surface area (Å²) in [5.41, 5.74) is 4.25. The summed E-state index contributed by atoms with van der Waals surface area (Å²) in [5, 5.41) is 0. The van der Waals surface area contributed by atoms with Crippen LogP contribution >= 0.6 is 0 Å². The molecule has 3 heteroatoms. The Hall–Kier alpha value is -1.35. The lowest BCUT2D eigenvalue weighted by Crippen LogP contribution is -2.42. The first-order valence-corrected chi connectivity index (χ1v) is 7.93. The van der Waals surface area contributed by atoms with Crippen LogP contribution in [0.1, 0.15) is 43.7 Å². The average molecular weight is 287 g/mol. The lowest BCUT2D eigenvalue weighted by atomic mass is 9.60. The number of ether oxygens (including phenoxy) is 2. The van der Waals surface area contributed by atoms with Gasteiger partial charge < -0.3 is 9.47 Å². The van der Waals surface area contributed by atoms with Gasteiger partial charge in [-0.3, -0.25) is 4.99 Å². The molecule has 1 aromatic carbocycles. The highest BCUT2D eigenvalue weighted by atomic mass is 16.5. The van der Waals surface area contributed by atoms with Crippen LogP contribution in [0.3, 0.4) is 0 Å². The minimum absolute atomic E-state index is 0.219. The molecule has 1 aliphatic carbocycles. The monoisotopic (exact) mass is 287 g/mol. The van der Waals surface area contributed by atoms with E-state index in [4.69, 9.17) is 14.5 Å². The van der Waals surface area contributed by atoms with E-state index in [1.165, 1.54) is 36.1 Å². The Balaban J connectivity index is 1.97. The zero-order valence-corrected chi connectivity index (χ0v) is 13.3. The Labute approximate surface area is 127 Å². The third-order valence-electron chi connectivity index (χ3n) is 5.12. The van der Waals surface area contributed by atoms with E-state index in [9.17, 15) is 0 Å². The SMILES string of the molecule is COc1ccc2c(c1)C(C1(CC(C)OC)CCC1)=NCC2. The highest BCUT2D eigenvalue weighted by Crippen LogP contribution is 2.49. The Kier molecular flexibility index (Phi) is 4.03. The molecular weight excluding hydrogens is 262 g/mol. The van der Waals surface area contributed by atoms with E-state index in [1.54, 1.807) is 14.2 Å². The molecule has 3 nitrogen and oxygen atoms in total. The maximum Gasteiger partial charge on any atom is 0.119 e. The van der Waals surface area contributed by atoms with Crippen molar-refractivity contribution in [2.24, 2.45) is 10.4 Å². The fourth-order valence-electron chi connectivity index (χ4n) is 3.72. The van der Waals surface area contributed by atoms with Gasteiger partial charge in [-0.25, -0.2) is 0 Å². The van der Waals surface area contributed by atoms with E-state index in [0.29, 0.717) is 0 Å². The van der Waals surface area contributed by atoms with Gasteiger partial charge in [0.25, 0.3) is 0 Å². The molecule has 1 fully saturated rings. The third kappa shape index (κ3) is 2.59. The number of hydrogen-bond donors (Lipinski definition) is 0. The van der Waals surface area contributed by atoms with Crippen molar-refractivity contribution in [3.8, 4) is 5.75 Å². The van der Waals surface area contributed by atoms with Gasteiger partial charge in [0.1, 0.15) is 5.75 Å². The predicted octanol–water partition coefficient (Wildman–Crippen LogP) is 3.64. The highest BCUT2D eigenvalue weighted by molar-refractivity contribution is 6.07. The van der Waals surface area contributed by atoms with Crippen LogP contribution in [0.25, 0.3) is 0 Å². The molecule has 0 N–H and O–H groups in total. The van der Waals surface area contributed by atoms with Crippen LogP contribution < -0.4 is 4.74 Å². The number of methoxy groups -OCH3 is 2. The van der Waals surface area contributed by atoms with Crippen LogP contribution in [-0.4, -0.2) is 32.6 Å². The Morgan fingerprint density at radius 3 is 2.71 bits per heavy atom. The first kappa shape index (κ1) is 14.6. The van der Waals surface area contributed by atoms with Crippen molar-refractivity contribution in [2.75, 3.05) is 20.8 Å². The molecule has 0 aromatic heterocycles. The van der Waals surface area contributed by atoms with Gasteiger partial charge in [-0.1, -0.05) is 12.5 Å². The van der Waals surface area contributed by atoms with Gasteiger partial charge >= 0.3 is 0 Å². The van der Waals surface area contributed by atoms with Gasteiger partial charge in [0.2, 0.25) is 0 Å². The van der Waals surface area contributed by atoms with E-state index in [0.717, 1.165) is 25.1 Å². The second-order valence-corrected chi connectivity index (χ2v) is 6.39. The number of hydrogen-bond acceptors (Lipinski definition) is 3. The molecular formula is C18H25NO2. The molecule has 1 atom stereocenters. The standard InChI is InChI=1S/C18H25NO2/c1-13(20-2)12-18(8-4-9-18)17-16-11-15(21-3)6-5-14(16)7-10-19-17/h5-6,11,13H,4,7-10,12H2,1-3H3. The lowest BCUT2D eigenvalue weighted by molar-refractivity contribution is 0.0591. The molecule has 1 saturated carbocycles. The number of fused-ring (bicyclic) bond motifs is 1. The van der Waals surface area contributed by atoms with Crippen LogP contribution in [0.5, 0.6) is 5.75 Å². The van der Waals surface area contributed by atoms with Gasteiger partial charge in [0.15, 0.2) is 0 Å². The van der Waals surface area contributed by atoms with Crippen LogP contribution in [0, 0.1) is 5.41 Å². The quantitative estimate of drug-likeness (QED) is 0.828. The van der Waals surface area contributed by atoms with Crippen molar-refractivity contribution in [3.05, 3.63) is 29.3 Å². The molecule has 21 heavy (non-hydrogen) atoms. The highest BCUT2D eigenvalue weighted by Gasteiger charge is 2.44. The van der Waals surface area contributed by atoms with Crippen LogP contribution in [-0.2, 0) is 11.2 Å². The first-order valence-electron chi connectivity index (χ1n) is 7.93. The van der Waals surface area contributed by atoms with E-state index >= 15 is 0 Å². The molecule has 1 aromatic rings. The second kappa shape index (κ2) is 5.80. The van der Waals surface area contributed by atoms with Crippen molar-refractivity contribution < 1.29 is 9.47 Å². The van der Waals surface area contributed by atoms with Crippen LogP contribution in [0.2, 0.25) is 0 Å². The average Bonchev–Trinajstić information content (AvgIpc) is 2.49.